The lowest BCUT2D eigenvalue weighted by atomic mass is 9.89. The Labute approximate surface area is 245 Å². The van der Waals surface area contributed by atoms with Crippen molar-refractivity contribution < 1.29 is 36.3 Å². The first-order valence-electron chi connectivity index (χ1n) is 13.7. The van der Waals surface area contributed by atoms with Crippen LogP contribution in [0.25, 0.3) is 11.1 Å². The summed E-state index contributed by atoms with van der Waals surface area (Å²) >= 11 is 0. The van der Waals surface area contributed by atoms with Crippen molar-refractivity contribution in [2.45, 2.75) is 72.0 Å². The van der Waals surface area contributed by atoms with Gasteiger partial charge in [-0.25, -0.2) is 8.78 Å². The number of Topliss-reactive ketones (excluding diaryl/α,β-unsaturated/α-hetero) is 1. The van der Waals surface area contributed by atoms with E-state index in [0.717, 1.165) is 22.8 Å². The van der Waals surface area contributed by atoms with Crippen molar-refractivity contribution in [3.63, 3.8) is 0 Å². The number of rotatable bonds is 9. The van der Waals surface area contributed by atoms with E-state index in [1.54, 1.807) is 0 Å². The Morgan fingerprint density at radius 2 is 1.70 bits per heavy atom. The Bertz CT molecular complexity index is 1620. The van der Waals surface area contributed by atoms with Gasteiger partial charge in [-0.2, -0.15) is 13.2 Å². The van der Waals surface area contributed by atoms with Crippen LogP contribution in [0.1, 0.15) is 65.5 Å². The molecular weight excluding hydrogens is 573 g/mol. The molecule has 12 heteroatoms. The summed E-state index contributed by atoms with van der Waals surface area (Å²) < 4.78 is 78.4. The molecule has 3 aromatic rings. The maximum Gasteiger partial charge on any atom is 0.417 e. The maximum atomic E-state index is 14.8. The fourth-order valence-corrected chi connectivity index (χ4v) is 5.08. The van der Waals surface area contributed by atoms with E-state index in [2.05, 4.69) is 10.6 Å². The topological polar surface area (TPSA) is 89.4 Å². The molecule has 0 radical (unpaired) electrons. The van der Waals surface area contributed by atoms with Crippen molar-refractivity contribution in [3.8, 4) is 11.1 Å². The Morgan fingerprint density at radius 1 is 1.07 bits per heavy atom. The Balaban J connectivity index is 1.68. The normalized spacial score (nSPS) is 14.3. The van der Waals surface area contributed by atoms with Crippen LogP contribution in [0.15, 0.2) is 35.1 Å². The zero-order valence-corrected chi connectivity index (χ0v) is 24.3. The number of ketones is 1. The number of alkyl halides is 3. The average molecular weight is 606 g/mol. The number of benzene rings is 2. The number of ether oxygens (including phenoxy) is 1. The zero-order valence-electron chi connectivity index (χ0n) is 24.3. The molecule has 1 aliphatic heterocycles. The number of nitrogens with one attached hydrogen (secondary N) is 2. The van der Waals surface area contributed by atoms with Crippen LogP contribution >= 0.6 is 0 Å². The quantitative estimate of drug-likeness (QED) is 0.300. The molecule has 2 atom stereocenters. The molecule has 1 aromatic heterocycles. The summed E-state index contributed by atoms with van der Waals surface area (Å²) in [5.41, 5.74) is -1.58. The fourth-order valence-electron chi connectivity index (χ4n) is 5.08. The van der Waals surface area contributed by atoms with Crippen LogP contribution < -0.4 is 16.2 Å². The van der Waals surface area contributed by atoms with Gasteiger partial charge in [-0.3, -0.25) is 14.4 Å². The first-order chi connectivity index (χ1) is 20.1. The summed E-state index contributed by atoms with van der Waals surface area (Å²) in [6.07, 6.45) is -4.22. The highest BCUT2D eigenvalue weighted by molar-refractivity contribution is 5.98. The van der Waals surface area contributed by atoms with Crippen LogP contribution in [0.4, 0.5) is 27.6 Å². The van der Waals surface area contributed by atoms with E-state index in [-0.39, 0.29) is 42.6 Å². The van der Waals surface area contributed by atoms with Gasteiger partial charge in [-0.15, -0.1) is 0 Å². The lowest BCUT2D eigenvalue weighted by Gasteiger charge is -2.21. The minimum Gasteiger partial charge on any atom is -0.382 e. The largest absolute Gasteiger partial charge is 0.417 e. The lowest BCUT2D eigenvalue weighted by Crippen LogP contribution is -2.42. The molecular formula is C31H32F5N3O4. The van der Waals surface area contributed by atoms with Crippen LogP contribution in [0, 0.1) is 18.6 Å². The summed E-state index contributed by atoms with van der Waals surface area (Å²) in [5, 5.41) is 5.32. The van der Waals surface area contributed by atoms with Gasteiger partial charge < -0.3 is 19.9 Å². The molecule has 0 saturated carbocycles. The molecule has 230 valence electrons. The molecule has 7 nitrogen and oxygen atoms in total. The Kier molecular flexibility index (Phi) is 9.10. The maximum absolute atomic E-state index is 14.8. The lowest BCUT2D eigenvalue weighted by molar-refractivity contribution is -0.137. The van der Waals surface area contributed by atoms with Crippen molar-refractivity contribution in [1.29, 1.82) is 0 Å². The number of aryl methyl sites for hydroxylation is 1. The second kappa shape index (κ2) is 12.3. The van der Waals surface area contributed by atoms with Crippen molar-refractivity contribution in [3.05, 3.63) is 85.8 Å². The molecule has 2 N–H and O–H groups in total. The van der Waals surface area contributed by atoms with E-state index in [9.17, 15) is 36.3 Å². The van der Waals surface area contributed by atoms with E-state index >= 15 is 0 Å². The van der Waals surface area contributed by atoms with E-state index in [1.807, 2.05) is 13.8 Å². The van der Waals surface area contributed by atoms with Gasteiger partial charge in [0.1, 0.15) is 17.2 Å². The highest BCUT2D eigenvalue weighted by Crippen LogP contribution is 2.40. The number of amides is 1. The summed E-state index contributed by atoms with van der Waals surface area (Å²) in [4.78, 5) is 38.6. The summed E-state index contributed by atoms with van der Waals surface area (Å²) in [6.45, 7) is 6.26. The summed E-state index contributed by atoms with van der Waals surface area (Å²) in [5.74, 6) is -3.85. The summed E-state index contributed by atoms with van der Waals surface area (Å²) in [7, 11) is 1.38. The molecule has 2 heterocycles. The Hall–Kier alpha value is -4.06. The van der Waals surface area contributed by atoms with E-state index in [0.29, 0.717) is 23.1 Å². The van der Waals surface area contributed by atoms with E-state index in [1.165, 1.54) is 33.0 Å². The zero-order chi connectivity index (χ0) is 31.8. The number of nitrogens with zero attached hydrogens (tertiary/aromatic N) is 1. The minimum absolute atomic E-state index is 0.00148. The molecule has 0 unspecified atom stereocenters. The van der Waals surface area contributed by atoms with Gasteiger partial charge in [0.2, 0.25) is 0 Å². The molecule has 0 aliphatic carbocycles. The van der Waals surface area contributed by atoms with Gasteiger partial charge >= 0.3 is 6.18 Å². The molecule has 2 aromatic carbocycles. The van der Waals surface area contributed by atoms with Crippen molar-refractivity contribution in [1.82, 2.24) is 9.88 Å². The molecule has 0 saturated heterocycles. The third kappa shape index (κ3) is 6.48. The van der Waals surface area contributed by atoms with Crippen molar-refractivity contribution in [2.75, 3.05) is 5.32 Å². The molecule has 1 aliphatic rings. The first kappa shape index (κ1) is 31.9. The van der Waals surface area contributed by atoms with Crippen LogP contribution in [-0.4, -0.2) is 28.3 Å². The monoisotopic (exact) mass is 605 g/mol. The molecule has 43 heavy (non-hydrogen) atoms. The third-order valence-electron chi connectivity index (χ3n) is 7.78. The number of hydrogen-bond donors (Lipinski definition) is 2. The molecule has 0 bridgehead atoms. The smallest absolute Gasteiger partial charge is 0.382 e. The number of carbonyl (C=O) groups excluding carboxylic acids is 2. The number of fused-ring (bicyclic) bond motifs is 1. The number of pyridine rings is 1. The van der Waals surface area contributed by atoms with Crippen LogP contribution in [0.2, 0.25) is 0 Å². The highest BCUT2D eigenvalue weighted by atomic mass is 19.4. The molecule has 4 rings (SSSR count). The number of halogens is 5. The SMILES string of the molecule is CC[C@H](C)Nc1cc(F)c(C(=O)N[C@@H](Cc2ccc(-c3c(C(F)(F)F)cc(C)n(C)c3=O)c3c2COC3)C(C)=O)c(F)c1. The van der Waals surface area contributed by atoms with Crippen molar-refractivity contribution in [2.24, 2.45) is 7.05 Å². The van der Waals surface area contributed by atoms with Gasteiger partial charge in [-0.05, 0) is 67.6 Å². The second-order valence-corrected chi connectivity index (χ2v) is 10.8. The standard InChI is InChI=1S/C31H32F5N3O4/c1-6-15(2)37-19-11-24(32)28(25(33)12-19)29(41)38-26(17(4)40)10-18-7-8-20(22-14-43-13-21(18)22)27-23(31(34,35)36)9-16(3)39(5)30(27)42/h7-9,11-12,15,26,37H,6,10,13-14H2,1-5H3,(H,38,41)/t15-,26-/m0/s1. The first-order valence-corrected chi connectivity index (χ1v) is 13.7. The molecule has 0 spiro atoms. The van der Waals surface area contributed by atoms with Gasteiger partial charge in [0.25, 0.3) is 11.5 Å². The van der Waals surface area contributed by atoms with Gasteiger partial charge in [0, 0.05) is 30.9 Å². The Morgan fingerprint density at radius 3 is 2.28 bits per heavy atom. The van der Waals surface area contributed by atoms with E-state index < -0.39 is 57.8 Å². The summed E-state index contributed by atoms with van der Waals surface area (Å²) in [6, 6.07) is 4.48. The van der Waals surface area contributed by atoms with Gasteiger partial charge in [0.15, 0.2) is 5.78 Å². The fraction of sp³-hybridized carbons (Fsp3) is 0.387. The van der Waals surface area contributed by atoms with Crippen LogP contribution in [-0.2, 0) is 42.4 Å². The molecule has 0 fully saturated rings. The van der Waals surface area contributed by atoms with Gasteiger partial charge in [-0.1, -0.05) is 19.1 Å². The second-order valence-electron chi connectivity index (χ2n) is 10.8. The number of carbonyl (C=O) groups is 2. The number of aromatic nitrogens is 1. The average Bonchev–Trinajstić information content (AvgIpc) is 3.41. The van der Waals surface area contributed by atoms with Crippen LogP contribution in [0.5, 0.6) is 0 Å². The van der Waals surface area contributed by atoms with Crippen molar-refractivity contribution >= 4 is 17.4 Å². The predicted octanol–water partition coefficient (Wildman–Crippen LogP) is 5.83. The van der Waals surface area contributed by atoms with Gasteiger partial charge in [0.05, 0.1) is 30.4 Å². The molecule has 1 amide bonds. The predicted molar refractivity (Wildman–Crippen MR) is 151 cm³/mol. The third-order valence-corrected chi connectivity index (χ3v) is 7.78. The van der Waals surface area contributed by atoms with E-state index in [4.69, 9.17) is 4.74 Å². The number of anilines is 1. The van der Waals surface area contributed by atoms with Crippen LogP contribution in [0.3, 0.4) is 0 Å². The number of hydrogen-bond acceptors (Lipinski definition) is 5. The highest BCUT2D eigenvalue weighted by Gasteiger charge is 2.37. The minimum atomic E-state index is -4.80.